The number of amides is 1. The topological polar surface area (TPSA) is 119 Å². The van der Waals surface area contributed by atoms with Gasteiger partial charge >= 0.3 is 0 Å². The fourth-order valence-electron chi connectivity index (χ4n) is 11.1. The van der Waals surface area contributed by atoms with Crippen molar-refractivity contribution in [1.82, 2.24) is 4.90 Å². The number of oxime groups is 1. The number of fused-ring (bicyclic) bond motifs is 3. The number of hydrogen-bond donors (Lipinski definition) is 2. The first-order chi connectivity index (χ1) is 31.8. The van der Waals surface area contributed by atoms with Crippen LogP contribution in [0.2, 0.25) is 0 Å². The molecule has 344 valence electrons. The molecule has 0 spiro atoms. The maximum Gasteiger partial charge on any atom is 0.239 e. The van der Waals surface area contributed by atoms with E-state index >= 15 is 4.79 Å². The predicted octanol–water partition coefficient (Wildman–Crippen LogP) is 10.8. The van der Waals surface area contributed by atoms with Gasteiger partial charge in [-0.1, -0.05) is 78.7 Å². The Hall–Kier alpha value is -5.00. The fraction of sp³-hybridized carbons (Fsp3) is 0.491. The first-order valence-corrected chi connectivity index (χ1v) is 24.2. The molecule has 2 N–H and O–H groups in total. The third-order valence-corrected chi connectivity index (χ3v) is 14.6. The smallest absolute Gasteiger partial charge is 0.239 e. The molecule has 10 heteroatoms. The Bertz CT molecular complexity index is 2380. The van der Waals surface area contributed by atoms with E-state index in [0.717, 1.165) is 102 Å². The van der Waals surface area contributed by atoms with Gasteiger partial charge in [-0.05, 0) is 140 Å². The van der Waals surface area contributed by atoms with Gasteiger partial charge in [-0.15, -0.1) is 6.58 Å². The van der Waals surface area contributed by atoms with Gasteiger partial charge in [0, 0.05) is 50.0 Å². The number of carbonyl (C=O) groups is 1. The highest BCUT2D eigenvalue weighted by atomic mass is 16.8. The molecular weight excluding hydrogens is 817 g/mol. The number of rotatable bonds is 19. The highest BCUT2D eigenvalue weighted by Gasteiger charge is 2.66. The standard InChI is InChI=1S/C55H66N2O8/c1-4-29-62-55-50(57(54(60)39-22-23-39)35-41-17-13-16-38-14-5-6-18-44(38)41)34-48(56-65-51-20-9-12-30-61-51)46-32-40(15-7-10-27-58)45(19-8-11-28-59)52(53(46)55)47-33-43(25-26-49(47)64-55)63-42-24-21-36(2)37(3)31-42/h4-6,13-14,16-18,21,24-26,31-33,39-40,45,50-53,58-59H,1,7-12,15,19-20,22-23,27-30,34-35H2,2-3H3. The van der Waals surface area contributed by atoms with Crippen LogP contribution in [0.3, 0.4) is 0 Å². The van der Waals surface area contributed by atoms with Crippen LogP contribution >= 0.6 is 0 Å². The molecule has 0 aromatic heterocycles. The second-order valence-electron chi connectivity index (χ2n) is 18.9. The summed E-state index contributed by atoms with van der Waals surface area (Å²) in [5.41, 5.74) is 6.21. The van der Waals surface area contributed by atoms with Gasteiger partial charge in [-0.25, -0.2) is 0 Å². The summed E-state index contributed by atoms with van der Waals surface area (Å²) in [5, 5.41) is 27.4. The van der Waals surface area contributed by atoms with E-state index in [1.807, 2.05) is 24.3 Å². The number of carbonyl (C=O) groups excluding carboxylic acids is 1. The zero-order chi connectivity index (χ0) is 44.9. The molecule has 65 heavy (non-hydrogen) atoms. The van der Waals surface area contributed by atoms with Gasteiger partial charge in [0.15, 0.2) is 0 Å². The summed E-state index contributed by atoms with van der Waals surface area (Å²) in [5.74, 6) is 0.429. The number of benzene rings is 4. The number of nitrogens with zero attached hydrogens (tertiary/aromatic N) is 2. The lowest BCUT2D eigenvalue weighted by Crippen LogP contribution is -2.70. The van der Waals surface area contributed by atoms with Crippen LogP contribution in [0.25, 0.3) is 10.8 Å². The minimum absolute atomic E-state index is 0.0871. The number of hydrogen-bond acceptors (Lipinski definition) is 9. The molecule has 2 heterocycles. The second kappa shape index (κ2) is 20.3. The molecule has 4 aromatic carbocycles. The molecular formula is C55H66N2O8. The van der Waals surface area contributed by atoms with Gasteiger partial charge in [0.2, 0.25) is 18.0 Å². The number of aliphatic hydroxyl groups is 2. The predicted molar refractivity (Wildman–Crippen MR) is 253 cm³/mol. The molecule has 5 aliphatic rings. The monoisotopic (exact) mass is 882 g/mol. The van der Waals surface area contributed by atoms with Crippen molar-refractivity contribution in [1.29, 1.82) is 0 Å². The molecule has 7 atom stereocenters. The Morgan fingerprint density at radius 1 is 0.908 bits per heavy atom. The molecule has 3 fully saturated rings. The van der Waals surface area contributed by atoms with Crippen molar-refractivity contribution in [2.75, 3.05) is 26.4 Å². The number of allylic oxidation sites excluding steroid dienone is 1. The minimum atomic E-state index is -1.35. The molecule has 1 saturated heterocycles. The fourth-order valence-corrected chi connectivity index (χ4v) is 11.1. The van der Waals surface area contributed by atoms with E-state index in [1.54, 1.807) is 6.08 Å². The van der Waals surface area contributed by atoms with Crippen LogP contribution in [-0.2, 0) is 25.7 Å². The number of aliphatic hydroxyl groups excluding tert-OH is 2. The quantitative estimate of drug-likeness (QED) is 0.0543. The van der Waals surface area contributed by atoms with Crippen LogP contribution in [0.1, 0.15) is 105 Å². The SMILES string of the molecule is C=CCOC12Oc3ccc(Oc4ccc(C)c(C)c4)cc3C3C(CCCCO)C(CCCCO)C=C(C(=NOC4CCCCO4)CC1N(Cc1cccc4ccccc14)C(=O)C1CC1)C32. The molecule has 9 rings (SSSR count). The van der Waals surface area contributed by atoms with E-state index in [2.05, 4.69) is 86.0 Å². The van der Waals surface area contributed by atoms with Crippen molar-refractivity contribution < 1.29 is 38.8 Å². The number of ether oxygens (including phenoxy) is 4. The summed E-state index contributed by atoms with van der Waals surface area (Å²) in [4.78, 5) is 23.6. The van der Waals surface area contributed by atoms with Crippen LogP contribution in [0.15, 0.2) is 108 Å². The highest BCUT2D eigenvalue weighted by Crippen LogP contribution is 2.62. The van der Waals surface area contributed by atoms with Crippen molar-refractivity contribution >= 4 is 22.4 Å². The zero-order valence-corrected chi connectivity index (χ0v) is 38.2. The normalized spacial score (nSPS) is 26.4. The van der Waals surface area contributed by atoms with Gasteiger partial charge in [-0.3, -0.25) is 4.79 Å². The van der Waals surface area contributed by atoms with Crippen molar-refractivity contribution in [3.8, 4) is 17.2 Å². The summed E-state index contributed by atoms with van der Waals surface area (Å²) < 4.78 is 27.6. The highest BCUT2D eigenvalue weighted by molar-refractivity contribution is 6.03. The van der Waals surface area contributed by atoms with Crippen LogP contribution in [0.5, 0.6) is 17.2 Å². The van der Waals surface area contributed by atoms with Crippen LogP contribution in [0, 0.1) is 37.5 Å². The van der Waals surface area contributed by atoms with E-state index in [1.165, 1.54) is 5.56 Å². The van der Waals surface area contributed by atoms with Crippen molar-refractivity contribution in [3.05, 3.63) is 125 Å². The molecule has 2 aliphatic heterocycles. The largest absolute Gasteiger partial charge is 0.459 e. The Morgan fingerprint density at radius 3 is 2.46 bits per heavy atom. The molecule has 4 aromatic rings. The first-order valence-electron chi connectivity index (χ1n) is 24.2. The third kappa shape index (κ3) is 9.51. The van der Waals surface area contributed by atoms with Crippen molar-refractivity contribution in [3.63, 3.8) is 0 Å². The number of aryl methyl sites for hydroxylation is 2. The Morgan fingerprint density at radius 2 is 1.69 bits per heavy atom. The molecule has 0 radical (unpaired) electrons. The van der Waals surface area contributed by atoms with Gasteiger partial charge in [0.1, 0.15) is 23.3 Å². The Labute approximate surface area is 384 Å². The van der Waals surface area contributed by atoms with E-state index in [9.17, 15) is 10.2 Å². The zero-order valence-electron chi connectivity index (χ0n) is 38.2. The third-order valence-electron chi connectivity index (χ3n) is 14.6. The lowest BCUT2D eigenvalue weighted by atomic mass is 9.55. The lowest BCUT2D eigenvalue weighted by molar-refractivity contribution is -0.258. The summed E-state index contributed by atoms with van der Waals surface area (Å²) in [6.45, 7) is 9.74. The van der Waals surface area contributed by atoms with Crippen LogP contribution in [-0.4, -0.2) is 71.3 Å². The first kappa shape index (κ1) is 45.2. The van der Waals surface area contributed by atoms with Crippen LogP contribution < -0.4 is 9.47 Å². The Kier molecular flexibility index (Phi) is 14.1. The van der Waals surface area contributed by atoms with Crippen LogP contribution in [0.4, 0.5) is 0 Å². The molecule has 10 nitrogen and oxygen atoms in total. The van der Waals surface area contributed by atoms with Crippen molar-refractivity contribution in [2.45, 2.75) is 121 Å². The molecule has 7 unspecified atom stereocenters. The molecule has 1 amide bonds. The van der Waals surface area contributed by atoms with Gasteiger partial charge < -0.3 is 38.9 Å². The van der Waals surface area contributed by atoms with Crippen molar-refractivity contribution in [2.24, 2.45) is 28.8 Å². The van der Waals surface area contributed by atoms with E-state index < -0.39 is 24.0 Å². The molecule has 3 aliphatic carbocycles. The minimum Gasteiger partial charge on any atom is -0.459 e. The van der Waals surface area contributed by atoms with E-state index in [4.69, 9.17) is 28.9 Å². The maximum atomic E-state index is 15.2. The van der Waals surface area contributed by atoms with Gasteiger partial charge in [0.25, 0.3) is 0 Å². The second-order valence-corrected chi connectivity index (χ2v) is 18.9. The van der Waals surface area contributed by atoms with E-state index in [-0.39, 0.29) is 49.4 Å². The van der Waals surface area contributed by atoms with Gasteiger partial charge in [0.05, 0.1) is 24.8 Å². The van der Waals surface area contributed by atoms with E-state index in [0.29, 0.717) is 43.9 Å². The average molecular weight is 883 g/mol. The lowest BCUT2D eigenvalue weighted by Gasteiger charge is -2.60. The number of unbranched alkanes of at least 4 members (excludes halogenated alkanes) is 2. The van der Waals surface area contributed by atoms with Gasteiger partial charge in [-0.2, -0.15) is 0 Å². The summed E-state index contributed by atoms with van der Waals surface area (Å²) in [6.07, 6.45) is 13.3. The summed E-state index contributed by atoms with van der Waals surface area (Å²) in [7, 11) is 0. The maximum absolute atomic E-state index is 15.2. The summed E-state index contributed by atoms with van der Waals surface area (Å²) >= 11 is 0. The average Bonchev–Trinajstić information content (AvgIpc) is 4.18. The molecule has 2 saturated carbocycles. The molecule has 0 bridgehead atoms. The Balaban J connectivity index is 1.25. The summed E-state index contributed by atoms with van der Waals surface area (Å²) in [6, 6.07) is 26.4.